The third-order valence-electron chi connectivity index (χ3n) is 4.13. The first-order valence-corrected chi connectivity index (χ1v) is 10.5. The van der Waals surface area contributed by atoms with E-state index >= 15 is 0 Å². The highest BCUT2D eigenvalue weighted by molar-refractivity contribution is 6.36. The van der Waals surface area contributed by atoms with Crippen molar-refractivity contribution < 1.29 is 23.8 Å². The molecule has 0 unspecified atom stereocenters. The molecule has 0 saturated heterocycles. The van der Waals surface area contributed by atoms with Crippen LogP contribution in [0.3, 0.4) is 0 Å². The van der Waals surface area contributed by atoms with Crippen LogP contribution in [0.5, 0.6) is 17.2 Å². The normalized spacial score (nSPS) is 10.7. The van der Waals surface area contributed by atoms with Gasteiger partial charge in [-0.15, -0.1) is 0 Å². The maximum atomic E-state index is 12.4. The van der Waals surface area contributed by atoms with Gasteiger partial charge < -0.3 is 14.2 Å². The van der Waals surface area contributed by atoms with Crippen molar-refractivity contribution in [3.8, 4) is 17.2 Å². The average Bonchev–Trinajstić information content (AvgIpc) is 2.79. The van der Waals surface area contributed by atoms with Gasteiger partial charge in [0.25, 0.3) is 5.91 Å². The van der Waals surface area contributed by atoms with Gasteiger partial charge >= 0.3 is 5.97 Å². The summed E-state index contributed by atoms with van der Waals surface area (Å²) in [5.41, 5.74) is 3.11. The van der Waals surface area contributed by atoms with E-state index < -0.39 is 11.9 Å². The van der Waals surface area contributed by atoms with E-state index in [2.05, 4.69) is 10.5 Å². The molecule has 0 radical (unpaired) electrons. The number of hydrogen-bond acceptors (Lipinski definition) is 6. The van der Waals surface area contributed by atoms with Crippen LogP contribution in [0.15, 0.2) is 65.8 Å². The monoisotopic (exact) mass is 506 g/mol. The molecule has 3 aromatic rings. The summed E-state index contributed by atoms with van der Waals surface area (Å²) in [6.45, 7) is -0.218. The van der Waals surface area contributed by atoms with Crippen molar-refractivity contribution in [2.75, 3.05) is 13.7 Å². The second kappa shape index (κ2) is 11.6. The number of nitrogens with one attached hydrogen (secondary N) is 1. The zero-order valence-corrected chi connectivity index (χ0v) is 19.4. The number of halogens is 3. The van der Waals surface area contributed by atoms with Gasteiger partial charge in [0, 0.05) is 10.0 Å². The zero-order chi connectivity index (χ0) is 23.8. The molecule has 0 fully saturated rings. The molecule has 0 aliphatic carbocycles. The summed E-state index contributed by atoms with van der Waals surface area (Å²) >= 11 is 17.7. The van der Waals surface area contributed by atoms with E-state index in [4.69, 9.17) is 49.0 Å². The molecule has 3 aromatic carbocycles. The highest BCUT2D eigenvalue weighted by Crippen LogP contribution is 2.30. The number of hydrazone groups is 1. The third kappa shape index (κ3) is 7.12. The van der Waals surface area contributed by atoms with Crippen LogP contribution in [-0.2, 0) is 4.79 Å². The van der Waals surface area contributed by atoms with Crippen LogP contribution >= 0.6 is 34.8 Å². The molecule has 7 nitrogen and oxygen atoms in total. The lowest BCUT2D eigenvalue weighted by Crippen LogP contribution is -2.24. The minimum absolute atomic E-state index is 0.164. The number of esters is 1. The lowest BCUT2D eigenvalue weighted by atomic mass is 10.2. The Bertz CT molecular complexity index is 1180. The molecular weight excluding hydrogens is 491 g/mol. The Kier molecular flexibility index (Phi) is 8.54. The van der Waals surface area contributed by atoms with E-state index in [1.165, 1.54) is 37.6 Å². The summed E-state index contributed by atoms with van der Waals surface area (Å²) in [7, 11) is 1.43. The van der Waals surface area contributed by atoms with Crippen molar-refractivity contribution in [2.45, 2.75) is 0 Å². The summed E-state index contributed by atoms with van der Waals surface area (Å²) in [5, 5.41) is 5.03. The Morgan fingerprint density at radius 3 is 2.36 bits per heavy atom. The molecule has 0 spiro atoms. The summed E-state index contributed by atoms with van der Waals surface area (Å²) in [5.74, 6) is -0.128. The second-order valence-corrected chi connectivity index (χ2v) is 7.74. The second-order valence-electron chi connectivity index (χ2n) is 6.46. The van der Waals surface area contributed by atoms with Gasteiger partial charge in [-0.05, 0) is 66.2 Å². The predicted octanol–water partition coefficient (Wildman–Crippen LogP) is 5.40. The number of rotatable bonds is 8. The fraction of sp³-hybridized carbons (Fsp3) is 0.0870. The van der Waals surface area contributed by atoms with Crippen molar-refractivity contribution in [3.05, 3.63) is 86.9 Å². The quantitative estimate of drug-likeness (QED) is 0.191. The van der Waals surface area contributed by atoms with E-state index in [1.54, 1.807) is 36.4 Å². The standard InChI is InChI=1S/C23H17Cl3N2O5/c1-31-21-10-14(12-27-28-22(29)13-32-17-6-3-15(24)4-7-17)2-9-20(21)33-23(30)18-8-5-16(25)11-19(18)26/h2-12H,13H2,1H3,(H,28,29)/b27-12-. The van der Waals surface area contributed by atoms with E-state index in [1.807, 2.05) is 0 Å². The Hall–Kier alpha value is -3.26. The molecular formula is C23H17Cl3N2O5. The molecule has 0 aliphatic heterocycles. The largest absolute Gasteiger partial charge is 0.493 e. The van der Waals surface area contributed by atoms with E-state index in [9.17, 15) is 9.59 Å². The van der Waals surface area contributed by atoms with Crippen molar-refractivity contribution in [2.24, 2.45) is 5.10 Å². The number of amides is 1. The molecule has 0 aliphatic rings. The Morgan fingerprint density at radius 2 is 1.67 bits per heavy atom. The Morgan fingerprint density at radius 1 is 0.939 bits per heavy atom. The lowest BCUT2D eigenvalue weighted by Gasteiger charge is -2.10. The molecule has 0 heterocycles. The van der Waals surface area contributed by atoms with Gasteiger partial charge in [-0.3, -0.25) is 4.79 Å². The van der Waals surface area contributed by atoms with E-state index in [-0.39, 0.29) is 28.7 Å². The first-order chi connectivity index (χ1) is 15.9. The molecule has 33 heavy (non-hydrogen) atoms. The van der Waals surface area contributed by atoms with Crippen LogP contribution in [-0.4, -0.2) is 31.8 Å². The van der Waals surface area contributed by atoms with E-state index in [0.717, 1.165) is 0 Å². The minimum atomic E-state index is -0.663. The van der Waals surface area contributed by atoms with Gasteiger partial charge in [-0.25, -0.2) is 10.2 Å². The zero-order valence-electron chi connectivity index (χ0n) is 17.2. The summed E-state index contributed by atoms with van der Waals surface area (Å²) < 4.78 is 16.0. The number of hydrogen-bond donors (Lipinski definition) is 1. The number of benzene rings is 3. The van der Waals surface area contributed by atoms with Crippen molar-refractivity contribution in [3.63, 3.8) is 0 Å². The van der Waals surface area contributed by atoms with Gasteiger partial charge in [0.05, 0.1) is 23.9 Å². The molecule has 1 amide bonds. The number of carbonyl (C=O) groups excluding carboxylic acids is 2. The molecule has 10 heteroatoms. The number of methoxy groups -OCH3 is 1. The minimum Gasteiger partial charge on any atom is -0.493 e. The molecule has 0 atom stereocenters. The predicted molar refractivity (Wildman–Crippen MR) is 127 cm³/mol. The van der Waals surface area contributed by atoms with Crippen molar-refractivity contribution >= 4 is 52.9 Å². The number of nitrogens with zero attached hydrogens (tertiary/aromatic N) is 1. The molecule has 170 valence electrons. The first kappa shape index (κ1) is 24.4. The number of ether oxygens (including phenoxy) is 3. The molecule has 0 bridgehead atoms. The first-order valence-electron chi connectivity index (χ1n) is 9.41. The van der Waals surface area contributed by atoms with Gasteiger partial charge in [-0.1, -0.05) is 34.8 Å². The smallest absolute Gasteiger partial charge is 0.345 e. The Balaban J connectivity index is 1.58. The topological polar surface area (TPSA) is 86.2 Å². The SMILES string of the molecule is COc1cc(/C=N\NC(=O)COc2ccc(Cl)cc2)ccc1OC(=O)c1ccc(Cl)cc1Cl. The number of carbonyl (C=O) groups is 2. The van der Waals surface area contributed by atoms with Crippen LogP contribution in [0.25, 0.3) is 0 Å². The highest BCUT2D eigenvalue weighted by atomic mass is 35.5. The van der Waals surface area contributed by atoms with Gasteiger partial charge in [0.15, 0.2) is 18.1 Å². The van der Waals surface area contributed by atoms with Crippen LogP contribution < -0.4 is 19.6 Å². The van der Waals surface area contributed by atoms with E-state index in [0.29, 0.717) is 21.4 Å². The van der Waals surface area contributed by atoms with Gasteiger partial charge in [0.2, 0.25) is 0 Å². The molecule has 3 rings (SSSR count). The maximum absolute atomic E-state index is 12.4. The van der Waals surface area contributed by atoms with Gasteiger partial charge in [0.1, 0.15) is 5.75 Å². The van der Waals surface area contributed by atoms with Crippen LogP contribution in [0.1, 0.15) is 15.9 Å². The molecule has 1 N–H and O–H groups in total. The molecule has 0 saturated carbocycles. The Labute approximate surface area is 204 Å². The maximum Gasteiger partial charge on any atom is 0.345 e. The van der Waals surface area contributed by atoms with Crippen LogP contribution in [0, 0.1) is 0 Å². The van der Waals surface area contributed by atoms with Crippen molar-refractivity contribution in [1.29, 1.82) is 0 Å². The lowest BCUT2D eigenvalue weighted by molar-refractivity contribution is -0.123. The fourth-order valence-electron chi connectivity index (χ4n) is 2.55. The van der Waals surface area contributed by atoms with Gasteiger partial charge in [-0.2, -0.15) is 5.10 Å². The van der Waals surface area contributed by atoms with Crippen LogP contribution in [0.2, 0.25) is 15.1 Å². The van der Waals surface area contributed by atoms with Crippen molar-refractivity contribution in [1.82, 2.24) is 5.43 Å². The van der Waals surface area contributed by atoms with Crippen LogP contribution in [0.4, 0.5) is 0 Å². The summed E-state index contributed by atoms with van der Waals surface area (Å²) in [4.78, 5) is 24.3. The average molecular weight is 508 g/mol. The fourth-order valence-corrected chi connectivity index (χ4v) is 3.16. The molecule has 0 aromatic heterocycles. The third-order valence-corrected chi connectivity index (χ3v) is 4.93. The highest BCUT2D eigenvalue weighted by Gasteiger charge is 2.16. The summed E-state index contributed by atoms with van der Waals surface area (Å²) in [6, 6.07) is 15.8. The summed E-state index contributed by atoms with van der Waals surface area (Å²) in [6.07, 6.45) is 1.41.